The Morgan fingerprint density at radius 2 is 1.86 bits per heavy atom. The van der Waals surface area contributed by atoms with Crippen molar-refractivity contribution in [3.63, 3.8) is 0 Å². The second kappa shape index (κ2) is 5.66. The molecule has 28 heavy (non-hydrogen) atoms. The van der Waals surface area contributed by atoms with Crippen molar-refractivity contribution >= 4 is 17.4 Å². The number of rotatable bonds is 2. The van der Waals surface area contributed by atoms with Crippen LogP contribution < -0.4 is 5.73 Å². The number of nitro groups is 1. The fourth-order valence-corrected chi connectivity index (χ4v) is 4.36. The number of hydrogen-bond donors (Lipinski definition) is 1. The largest absolute Gasteiger partial charge is 0.445 e. The summed E-state index contributed by atoms with van der Waals surface area (Å²) in [4.78, 5) is 36.1. The van der Waals surface area contributed by atoms with Gasteiger partial charge in [0.1, 0.15) is 5.76 Å². The van der Waals surface area contributed by atoms with Gasteiger partial charge in [0.25, 0.3) is 11.6 Å². The van der Waals surface area contributed by atoms with Gasteiger partial charge in [0, 0.05) is 42.4 Å². The van der Waals surface area contributed by atoms with Gasteiger partial charge < -0.3 is 10.5 Å². The molecule has 0 saturated carbocycles. The summed E-state index contributed by atoms with van der Waals surface area (Å²) in [5, 5.41) is 10.9. The molecule has 8 heteroatoms. The smallest absolute Gasteiger partial charge is 0.269 e. The van der Waals surface area contributed by atoms with Crippen molar-refractivity contribution in [3.8, 4) is 0 Å². The van der Waals surface area contributed by atoms with E-state index in [-0.39, 0.29) is 35.6 Å². The molecule has 0 spiro atoms. The molecule has 140 valence electrons. The van der Waals surface area contributed by atoms with Crippen molar-refractivity contribution in [2.45, 2.75) is 24.7 Å². The van der Waals surface area contributed by atoms with Crippen LogP contribution in [0.25, 0.3) is 0 Å². The summed E-state index contributed by atoms with van der Waals surface area (Å²) in [6, 6.07) is 9.77. The molecule has 2 atom stereocenters. The molecule has 5 rings (SSSR count). The summed E-state index contributed by atoms with van der Waals surface area (Å²) in [5.74, 6) is -0.494. The highest BCUT2D eigenvalue weighted by molar-refractivity contribution is 6.08. The van der Waals surface area contributed by atoms with Crippen LogP contribution >= 0.6 is 0 Å². The standard InChI is InChI=1S/C20H15N3O5/c21-19-18-16(13-2-1-7-22(13)20(18)25)17-14(24)8-11(9-15(17)28-19)10-3-5-12(6-4-10)23(26)27/h1-7,11,16H,8-9,21H2. The summed E-state index contributed by atoms with van der Waals surface area (Å²) in [7, 11) is 0. The van der Waals surface area contributed by atoms with Crippen molar-refractivity contribution in [1.29, 1.82) is 0 Å². The third-order valence-electron chi connectivity index (χ3n) is 5.64. The number of fused-ring (bicyclic) bond motifs is 4. The maximum absolute atomic E-state index is 13.0. The summed E-state index contributed by atoms with van der Waals surface area (Å²) < 4.78 is 7.23. The van der Waals surface area contributed by atoms with E-state index in [0.29, 0.717) is 23.3 Å². The molecule has 2 unspecified atom stereocenters. The monoisotopic (exact) mass is 377 g/mol. The highest BCUT2D eigenvalue weighted by Gasteiger charge is 2.47. The molecule has 0 saturated heterocycles. The van der Waals surface area contributed by atoms with Crippen LogP contribution in [0.1, 0.15) is 40.7 Å². The highest BCUT2D eigenvalue weighted by atomic mass is 16.6. The van der Waals surface area contributed by atoms with Gasteiger partial charge in [-0.3, -0.25) is 24.3 Å². The maximum atomic E-state index is 13.0. The Bertz CT molecular complexity index is 1120. The van der Waals surface area contributed by atoms with Crippen molar-refractivity contribution in [2.24, 2.45) is 5.73 Å². The van der Waals surface area contributed by atoms with Crippen LogP contribution in [0.4, 0.5) is 5.69 Å². The molecule has 0 bridgehead atoms. The van der Waals surface area contributed by atoms with Gasteiger partial charge in [-0.05, 0) is 23.6 Å². The number of nitrogens with two attached hydrogens (primary N) is 1. The number of ether oxygens (including phenoxy) is 1. The Hall–Kier alpha value is -3.68. The molecule has 0 radical (unpaired) electrons. The van der Waals surface area contributed by atoms with Crippen LogP contribution in [0.15, 0.2) is 65.4 Å². The van der Waals surface area contributed by atoms with Gasteiger partial charge >= 0.3 is 0 Å². The lowest BCUT2D eigenvalue weighted by Crippen LogP contribution is -2.29. The molecule has 3 heterocycles. The predicted molar refractivity (Wildman–Crippen MR) is 97.2 cm³/mol. The first-order valence-electron chi connectivity index (χ1n) is 8.85. The van der Waals surface area contributed by atoms with Crippen molar-refractivity contribution in [3.05, 3.63) is 86.8 Å². The Balaban J connectivity index is 1.53. The number of aromatic nitrogens is 1. The molecule has 3 aliphatic rings. The maximum Gasteiger partial charge on any atom is 0.269 e. The molecule has 0 fully saturated rings. The molecule has 1 aliphatic carbocycles. The zero-order valence-corrected chi connectivity index (χ0v) is 14.6. The van der Waals surface area contributed by atoms with E-state index in [4.69, 9.17) is 10.5 Å². The lowest BCUT2D eigenvalue weighted by atomic mass is 9.75. The van der Waals surface area contributed by atoms with Crippen molar-refractivity contribution in [1.82, 2.24) is 4.57 Å². The molecule has 8 nitrogen and oxygen atoms in total. The molecule has 2 aromatic rings. The van der Waals surface area contributed by atoms with E-state index in [1.165, 1.54) is 16.7 Å². The van der Waals surface area contributed by atoms with E-state index in [1.54, 1.807) is 24.4 Å². The number of carbonyl (C=O) groups excluding carboxylic acids is 2. The number of hydrogen-bond acceptors (Lipinski definition) is 6. The number of nitro benzene ring substituents is 1. The average Bonchev–Trinajstić information content (AvgIpc) is 3.25. The van der Waals surface area contributed by atoms with E-state index < -0.39 is 10.8 Å². The molecule has 1 aromatic carbocycles. The average molecular weight is 377 g/mol. The number of benzene rings is 1. The summed E-state index contributed by atoms with van der Waals surface area (Å²) >= 11 is 0. The van der Waals surface area contributed by atoms with Crippen molar-refractivity contribution in [2.75, 3.05) is 0 Å². The molecule has 0 amide bonds. The summed E-state index contributed by atoms with van der Waals surface area (Å²) in [5.41, 5.74) is 8.40. The predicted octanol–water partition coefficient (Wildman–Crippen LogP) is 2.74. The van der Waals surface area contributed by atoms with Gasteiger partial charge in [0.2, 0.25) is 0 Å². The topological polar surface area (TPSA) is 117 Å². The quantitative estimate of drug-likeness (QED) is 0.635. The molecular formula is C20H15N3O5. The van der Waals surface area contributed by atoms with E-state index in [9.17, 15) is 19.7 Å². The normalized spacial score (nSPS) is 23.3. The summed E-state index contributed by atoms with van der Waals surface area (Å²) in [6.45, 7) is 0. The van der Waals surface area contributed by atoms with Crippen LogP contribution in [-0.4, -0.2) is 21.2 Å². The number of nitrogens with zero attached hydrogens (tertiary/aromatic N) is 2. The molecule has 2 aliphatic heterocycles. The summed E-state index contributed by atoms with van der Waals surface area (Å²) in [6.07, 6.45) is 2.35. The van der Waals surface area contributed by atoms with Gasteiger partial charge in [-0.15, -0.1) is 0 Å². The van der Waals surface area contributed by atoms with Crippen LogP contribution in [0.5, 0.6) is 0 Å². The van der Waals surface area contributed by atoms with E-state index in [1.807, 2.05) is 6.07 Å². The molecular weight excluding hydrogens is 362 g/mol. The van der Waals surface area contributed by atoms with Crippen LogP contribution in [0.3, 0.4) is 0 Å². The number of carbonyl (C=O) groups is 2. The number of ketones is 1. The van der Waals surface area contributed by atoms with Gasteiger partial charge in [-0.2, -0.15) is 0 Å². The zero-order valence-electron chi connectivity index (χ0n) is 14.6. The van der Waals surface area contributed by atoms with Crippen LogP contribution in [0, 0.1) is 10.1 Å². The SMILES string of the molecule is NC1=C2C(=O)n3cccc3C2C2=C(CC(c3ccc([N+](=O)[O-])cc3)CC2=O)O1. The lowest BCUT2D eigenvalue weighted by molar-refractivity contribution is -0.384. The minimum atomic E-state index is -0.489. The Kier molecular flexibility index (Phi) is 3.33. The second-order valence-electron chi connectivity index (χ2n) is 7.14. The minimum Gasteiger partial charge on any atom is -0.445 e. The number of non-ortho nitro benzene ring substituents is 1. The third-order valence-corrected chi connectivity index (χ3v) is 5.64. The van der Waals surface area contributed by atoms with E-state index in [2.05, 4.69) is 0 Å². The first-order valence-corrected chi connectivity index (χ1v) is 8.85. The molecule has 1 aromatic heterocycles. The van der Waals surface area contributed by atoms with Gasteiger partial charge in [0.05, 0.1) is 16.4 Å². The van der Waals surface area contributed by atoms with Crippen LogP contribution in [-0.2, 0) is 9.53 Å². The fourth-order valence-electron chi connectivity index (χ4n) is 4.36. The fraction of sp³-hybridized carbons (Fsp3) is 0.200. The first kappa shape index (κ1) is 16.5. The zero-order chi connectivity index (χ0) is 19.6. The minimum absolute atomic E-state index is 0.00163. The lowest BCUT2D eigenvalue weighted by Gasteiger charge is -2.32. The third kappa shape index (κ3) is 2.17. The van der Waals surface area contributed by atoms with E-state index >= 15 is 0 Å². The highest BCUT2D eigenvalue weighted by Crippen LogP contribution is 2.49. The van der Waals surface area contributed by atoms with E-state index in [0.717, 1.165) is 11.3 Å². The van der Waals surface area contributed by atoms with Gasteiger partial charge in [-0.1, -0.05) is 12.1 Å². The van der Waals surface area contributed by atoms with Crippen LogP contribution in [0.2, 0.25) is 0 Å². The Labute approximate surface area is 159 Å². The number of allylic oxidation sites excluding steroid dienone is 3. The van der Waals surface area contributed by atoms with Crippen molar-refractivity contribution < 1.29 is 19.2 Å². The Morgan fingerprint density at radius 3 is 2.57 bits per heavy atom. The van der Waals surface area contributed by atoms with Gasteiger partial charge in [-0.25, -0.2) is 0 Å². The number of Topliss-reactive ketones (excluding diaryl/α,β-unsaturated/α-hetero) is 1. The van der Waals surface area contributed by atoms with Gasteiger partial charge in [0.15, 0.2) is 11.7 Å². The Morgan fingerprint density at radius 1 is 1.11 bits per heavy atom. The second-order valence-corrected chi connectivity index (χ2v) is 7.14. The first-order chi connectivity index (χ1) is 13.5. The molecule has 2 N–H and O–H groups in total.